The maximum Gasteiger partial charge on any atom is 0.338 e. The average molecular weight is 471 g/mol. The van der Waals surface area contributed by atoms with Crippen LogP contribution in [0, 0.1) is 5.82 Å². The van der Waals surface area contributed by atoms with Crippen LogP contribution in [0.4, 0.5) is 4.39 Å². The highest BCUT2D eigenvalue weighted by atomic mass is 19.1. The SMILES string of the molecule is CCCCCCCCOc1ccc(C(=O)OCC(=O)c2ccc(CCCCCC)cc2)cc1F. The van der Waals surface area contributed by atoms with Crippen molar-refractivity contribution < 1.29 is 23.5 Å². The molecule has 34 heavy (non-hydrogen) atoms. The molecule has 2 aromatic carbocycles. The number of carbonyl (C=O) groups excluding carboxylic acids is 2. The van der Waals surface area contributed by atoms with E-state index in [0.29, 0.717) is 12.2 Å². The Morgan fingerprint density at radius 1 is 0.765 bits per heavy atom. The van der Waals surface area contributed by atoms with Crippen molar-refractivity contribution in [1.29, 1.82) is 0 Å². The van der Waals surface area contributed by atoms with E-state index in [9.17, 15) is 14.0 Å². The molecule has 0 spiro atoms. The molecule has 0 saturated heterocycles. The third-order valence-electron chi connectivity index (χ3n) is 5.85. The summed E-state index contributed by atoms with van der Waals surface area (Å²) in [6.07, 6.45) is 12.5. The third-order valence-corrected chi connectivity index (χ3v) is 5.85. The summed E-state index contributed by atoms with van der Waals surface area (Å²) in [4.78, 5) is 24.6. The second-order valence-electron chi connectivity index (χ2n) is 8.77. The molecule has 186 valence electrons. The molecule has 0 aromatic heterocycles. The Labute approximate surface area is 203 Å². The number of halogens is 1. The van der Waals surface area contributed by atoms with Gasteiger partial charge in [0.25, 0.3) is 0 Å². The number of hydrogen-bond acceptors (Lipinski definition) is 4. The molecule has 2 aromatic rings. The summed E-state index contributed by atoms with van der Waals surface area (Å²) >= 11 is 0. The molecular formula is C29H39FO4. The summed E-state index contributed by atoms with van der Waals surface area (Å²) < 4.78 is 24.9. The second kappa shape index (κ2) is 16.0. The van der Waals surface area contributed by atoms with Gasteiger partial charge in [-0.2, -0.15) is 0 Å². The van der Waals surface area contributed by atoms with E-state index in [2.05, 4.69) is 13.8 Å². The number of Topliss-reactive ketones (excluding diaryl/α,β-unsaturated/α-hetero) is 1. The number of benzene rings is 2. The van der Waals surface area contributed by atoms with Gasteiger partial charge in [0, 0.05) is 5.56 Å². The largest absolute Gasteiger partial charge is 0.491 e. The van der Waals surface area contributed by atoms with Crippen LogP contribution in [0.1, 0.15) is 104 Å². The minimum absolute atomic E-state index is 0.0552. The third kappa shape index (κ3) is 10.1. The van der Waals surface area contributed by atoms with E-state index in [1.165, 1.54) is 56.2 Å². The van der Waals surface area contributed by atoms with Crippen LogP contribution >= 0.6 is 0 Å². The van der Waals surface area contributed by atoms with Crippen molar-refractivity contribution >= 4 is 11.8 Å². The minimum atomic E-state index is -0.734. The Balaban J connectivity index is 1.75. The van der Waals surface area contributed by atoms with Gasteiger partial charge in [-0.05, 0) is 43.0 Å². The molecule has 0 aliphatic rings. The molecule has 0 unspecified atom stereocenters. The Morgan fingerprint density at radius 3 is 2.06 bits per heavy atom. The van der Waals surface area contributed by atoms with Gasteiger partial charge in [0.05, 0.1) is 12.2 Å². The van der Waals surface area contributed by atoms with Crippen LogP contribution in [0.3, 0.4) is 0 Å². The van der Waals surface area contributed by atoms with Gasteiger partial charge >= 0.3 is 5.97 Å². The van der Waals surface area contributed by atoms with Gasteiger partial charge in [-0.25, -0.2) is 9.18 Å². The van der Waals surface area contributed by atoms with Crippen molar-refractivity contribution in [1.82, 2.24) is 0 Å². The van der Waals surface area contributed by atoms with Crippen LogP contribution < -0.4 is 4.74 Å². The lowest BCUT2D eigenvalue weighted by Gasteiger charge is -2.09. The second-order valence-corrected chi connectivity index (χ2v) is 8.77. The zero-order chi connectivity index (χ0) is 24.6. The molecule has 0 fully saturated rings. The lowest BCUT2D eigenvalue weighted by molar-refractivity contribution is 0.0474. The molecule has 0 aliphatic heterocycles. The molecule has 4 nitrogen and oxygen atoms in total. The summed E-state index contributed by atoms with van der Waals surface area (Å²) in [5.41, 5.74) is 1.74. The predicted molar refractivity (Wildman–Crippen MR) is 134 cm³/mol. The lowest BCUT2D eigenvalue weighted by atomic mass is 10.0. The molecule has 0 heterocycles. The van der Waals surface area contributed by atoms with E-state index in [4.69, 9.17) is 9.47 Å². The Bertz CT molecular complexity index is 876. The van der Waals surface area contributed by atoms with Gasteiger partial charge < -0.3 is 9.47 Å². The summed E-state index contributed by atoms with van der Waals surface area (Å²) in [6, 6.07) is 11.4. The Hall–Kier alpha value is -2.69. The van der Waals surface area contributed by atoms with Gasteiger partial charge in [0.1, 0.15) is 0 Å². The molecule has 0 amide bonds. The first-order valence-corrected chi connectivity index (χ1v) is 12.8. The standard InChI is InChI=1S/C29H39FO4/c1-3-5-7-9-10-12-20-33-28-19-18-25(21-26(28)30)29(32)34-22-27(31)24-16-14-23(15-17-24)13-11-8-6-4-2/h14-19,21H,3-13,20,22H2,1-2H3. The van der Waals surface area contributed by atoms with Crippen molar-refractivity contribution in [2.45, 2.75) is 84.5 Å². The van der Waals surface area contributed by atoms with E-state index in [0.717, 1.165) is 38.2 Å². The summed E-state index contributed by atoms with van der Waals surface area (Å²) in [5, 5.41) is 0. The van der Waals surface area contributed by atoms with Crippen LogP contribution in [0.15, 0.2) is 42.5 Å². The highest BCUT2D eigenvalue weighted by Gasteiger charge is 2.14. The number of hydrogen-bond donors (Lipinski definition) is 0. The van der Waals surface area contributed by atoms with E-state index >= 15 is 0 Å². The van der Waals surface area contributed by atoms with Gasteiger partial charge in [0.2, 0.25) is 0 Å². The number of ketones is 1. The van der Waals surface area contributed by atoms with Crippen molar-refractivity contribution in [2.24, 2.45) is 0 Å². The Kier molecular flexibility index (Phi) is 13.0. The highest BCUT2D eigenvalue weighted by Crippen LogP contribution is 2.20. The average Bonchev–Trinajstić information content (AvgIpc) is 2.85. The molecule has 0 bridgehead atoms. The maximum atomic E-state index is 14.3. The van der Waals surface area contributed by atoms with Crippen LogP contribution in [0.5, 0.6) is 5.75 Å². The van der Waals surface area contributed by atoms with Gasteiger partial charge in [-0.15, -0.1) is 0 Å². The number of carbonyl (C=O) groups is 2. The monoisotopic (exact) mass is 470 g/mol. The topological polar surface area (TPSA) is 52.6 Å². The van der Waals surface area contributed by atoms with E-state index in [1.54, 1.807) is 12.1 Å². The van der Waals surface area contributed by atoms with Crippen LogP contribution in [-0.4, -0.2) is 25.0 Å². The number of aryl methyl sites for hydroxylation is 1. The minimum Gasteiger partial charge on any atom is -0.491 e. The molecule has 0 atom stereocenters. The van der Waals surface area contributed by atoms with Crippen LogP contribution in [0.2, 0.25) is 0 Å². The summed E-state index contributed by atoms with van der Waals surface area (Å²) in [5.74, 6) is -1.51. The fourth-order valence-corrected chi connectivity index (χ4v) is 3.72. The van der Waals surface area contributed by atoms with E-state index < -0.39 is 11.8 Å². The fraction of sp³-hybridized carbons (Fsp3) is 0.517. The number of unbranched alkanes of at least 4 members (excludes halogenated alkanes) is 8. The van der Waals surface area contributed by atoms with Gasteiger partial charge in [-0.3, -0.25) is 4.79 Å². The molecular weight excluding hydrogens is 431 g/mol. The van der Waals surface area contributed by atoms with Crippen molar-refractivity contribution in [3.05, 3.63) is 65.0 Å². The van der Waals surface area contributed by atoms with E-state index in [1.807, 2.05) is 12.1 Å². The smallest absolute Gasteiger partial charge is 0.338 e. The lowest BCUT2D eigenvalue weighted by Crippen LogP contribution is -2.14. The number of rotatable bonds is 17. The predicted octanol–water partition coefficient (Wildman–Crippen LogP) is 7.73. The first-order chi connectivity index (χ1) is 16.5. The quantitative estimate of drug-likeness (QED) is 0.135. The Morgan fingerprint density at radius 2 is 1.38 bits per heavy atom. The van der Waals surface area contributed by atoms with Crippen molar-refractivity contribution in [3.8, 4) is 5.75 Å². The molecule has 5 heteroatoms. The fourth-order valence-electron chi connectivity index (χ4n) is 3.72. The first-order valence-electron chi connectivity index (χ1n) is 12.8. The van der Waals surface area contributed by atoms with Gasteiger partial charge in [-0.1, -0.05) is 89.5 Å². The molecule has 0 radical (unpaired) electrons. The van der Waals surface area contributed by atoms with Crippen LogP contribution in [-0.2, 0) is 11.2 Å². The molecule has 0 saturated carbocycles. The zero-order valence-electron chi connectivity index (χ0n) is 20.7. The van der Waals surface area contributed by atoms with Crippen molar-refractivity contribution in [2.75, 3.05) is 13.2 Å². The number of ether oxygens (including phenoxy) is 2. The highest BCUT2D eigenvalue weighted by molar-refractivity contribution is 5.99. The van der Waals surface area contributed by atoms with Crippen LogP contribution in [0.25, 0.3) is 0 Å². The summed E-state index contributed by atoms with van der Waals surface area (Å²) in [7, 11) is 0. The van der Waals surface area contributed by atoms with E-state index in [-0.39, 0.29) is 23.7 Å². The number of esters is 1. The maximum absolute atomic E-state index is 14.3. The molecule has 0 aliphatic carbocycles. The molecule has 2 rings (SSSR count). The molecule has 0 N–H and O–H groups in total. The first kappa shape index (κ1) is 27.6. The van der Waals surface area contributed by atoms with Gasteiger partial charge in [0.15, 0.2) is 24.0 Å². The summed E-state index contributed by atoms with van der Waals surface area (Å²) in [6.45, 7) is 4.42. The zero-order valence-corrected chi connectivity index (χ0v) is 20.7. The van der Waals surface area contributed by atoms with Crippen molar-refractivity contribution in [3.63, 3.8) is 0 Å². The normalized spacial score (nSPS) is 10.8.